The molecule has 6 heteroatoms. The van der Waals surface area contributed by atoms with Crippen molar-refractivity contribution in [2.45, 2.75) is 64.6 Å². The fourth-order valence-electron chi connectivity index (χ4n) is 3.26. The van der Waals surface area contributed by atoms with Crippen LogP contribution in [0.2, 0.25) is 0 Å². The van der Waals surface area contributed by atoms with Crippen molar-refractivity contribution in [2.24, 2.45) is 11.8 Å². The van der Waals surface area contributed by atoms with Gasteiger partial charge in [0, 0.05) is 18.5 Å². The summed E-state index contributed by atoms with van der Waals surface area (Å²) in [5.41, 5.74) is 0. The molecule has 1 fully saturated rings. The number of aliphatic hydroxyl groups is 1. The predicted octanol–water partition coefficient (Wildman–Crippen LogP) is 3.36. The molecule has 0 spiro atoms. The first-order chi connectivity index (χ1) is 9.85. The highest BCUT2D eigenvalue weighted by Crippen LogP contribution is 2.40. The lowest BCUT2D eigenvalue weighted by Crippen LogP contribution is -2.46. The molecule has 1 aliphatic rings. The Hall–Kier alpha value is -0.780. The quantitative estimate of drug-likeness (QED) is 0.817. The van der Waals surface area contributed by atoms with Crippen molar-refractivity contribution >= 4 is 5.91 Å². The van der Waals surface area contributed by atoms with E-state index in [0.717, 1.165) is 12.8 Å². The van der Waals surface area contributed by atoms with E-state index in [9.17, 15) is 18.0 Å². The minimum atomic E-state index is -4.21. The van der Waals surface area contributed by atoms with Crippen LogP contribution in [0.4, 0.5) is 13.2 Å². The summed E-state index contributed by atoms with van der Waals surface area (Å²) in [5.74, 6) is -2.14. The lowest BCUT2D eigenvalue weighted by Gasteiger charge is -2.36. The number of aliphatic hydroxyl groups excluding tert-OH is 1. The Bertz CT molecular complexity index is 329. The Labute approximate surface area is 124 Å². The molecule has 0 aromatic carbocycles. The minimum Gasteiger partial charge on any atom is -0.395 e. The van der Waals surface area contributed by atoms with Gasteiger partial charge in [-0.1, -0.05) is 20.3 Å². The zero-order valence-corrected chi connectivity index (χ0v) is 12.8. The van der Waals surface area contributed by atoms with E-state index in [1.807, 2.05) is 13.8 Å². The molecule has 1 saturated carbocycles. The molecule has 0 aromatic heterocycles. The first-order valence-electron chi connectivity index (χ1n) is 7.83. The largest absolute Gasteiger partial charge is 0.395 e. The predicted molar refractivity (Wildman–Crippen MR) is 74.7 cm³/mol. The smallest absolute Gasteiger partial charge is 0.391 e. The summed E-state index contributed by atoms with van der Waals surface area (Å²) >= 11 is 0. The molecule has 21 heavy (non-hydrogen) atoms. The van der Waals surface area contributed by atoms with Gasteiger partial charge in [0.2, 0.25) is 5.91 Å². The molecular formula is C15H26F3NO2. The second-order valence-corrected chi connectivity index (χ2v) is 5.83. The molecule has 1 amide bonds. The summed E-state index contributed by atoms with van der Waals surface area (Å²) in [7, 11) is 0. The molecule has 0 aliphatic heterocycles. The second-order valence-electron chi connectivity index (χ2n) is 5.83. The summed E-state index contributed by atoms with van der Waals surface area (Å²) in [4.78, 5) is 14.2. The Morgan fingerprint density at radius 1 is 1.29 bits per heavy atom. The molecule has 1 N–H and O–H groups in total. The standard InChI is InChI=1S/C15H26F3NO2/c1-3-13(4-2)19(8-9-20)14(21)11-6-5-7-12(10-11)15(16,17)18/h11-13,20H,3-10H2,1-2H3. The van der Waals surface area contributed by atoms with Gasteiger partial charge in [-0.3, -0.25) is 4.79 Å². The minimum absolute atomic E-state index is 0.00378. The maximum atomic E-state index is 12.9. The number of alkyl halides is 3. The number of amides is 1. The number of halogens is 3. The monoisotopic (exact) mass is 309 g/mol. The van der Waals surface area contributed by atoms with Crippen LogP contribution in [0.25, 0.3) is 0 Å². The molecule has 124 valence electrons. The molecule has 0 aromatic rings. The summed E-state index contributed by atoms with van der Waals surface area (Å²) < 4.78 is 38.6. The lowest BCUT2D eigenvalue weighted by atomic mass is 9.80. The van der Waals surface area contributed by atoms with Crippen LogP contribution >= 0.6 is 0 Å². The average Bonchev–Trinajstić information content (AvgIpc) is 2.46. The van der Waals surface area contributed by atoms with Crippen LogP contribution in [-0.2, 0) is 4.79 Å². The fourth-order valence-corrected chi connectivity index (χ4v) is 3.26. The van der Waals surface area contributed by atoms with E-state index in [1.54, 1.807) is 4.90 Å². The van der Waals surface area contributed by atoms with Gasteiger partial charge in [0.05, 0.1) is 12.5 Å². The van der Waals surface area contributed by atoms with Crippen molar-refractivity contribution in [2.75, 3.05) is 13.2 Å². The van der Waals surface area contributed by atoms with Gasteiger partial charge < -0.3 is 10.0 Å². The Morgan fingerprint density at radius 2 is 1.90 bits per heavy atom. The van der Waals surface area contributed by atoms with Gasteiger partial charge in [-0.2, -0.15) is 13.2 Å². The zero-order chi connectivity index (χ0) is 16.0. The van der Waals surface area contributed by atoms with Crippen molar-refractivity contribution in [3.05, 3.63) is 0 Å². The number of rotatable bonds is 6. The number of hydrogen-bond donors (Lipinski definition) is 1. The van der Waals surface area contributed by atoms with E-state index in [0.29, 0.717) is 12.8 Å². The van der Waals surface area contributed by atoms with Crippen LogP contribution in [0.3, 0.4) is 0 Å². The summed E-state index contributed by atoms with van der Waals surface area (Å²) in [5, 5.41) is 9.13. The van der Waals surface area contributed by atoms with Gasteiger partial charge in [0.1, 0.15) is 0 Å². The first kappa shape index (κ1) is 18.3. The third kappa shape index (κ3) is 4.87. The van der Waals surface area contributed by atoms with Crippen LogP contribution in [0.5, 0.6) is 0 Å². The van der Waals surface area contributed by atoms with Crippen LogP contribution < -0.4 is 0 Å². The number of hydrogen-bond acceptors (Lipinski definition) is 2. The van der Waals surface area contributed by atoms with Crippen molar-refractivity contribution in [3.63, 3.8) is 0 Å². The molecule has 0 heterocycles. The fraction of sp³-hybridized carbons (Fsp3) is 0.933. The molecule has 3 nitrogen and oxygen atoms in total. The molecule has 0 bridgehead atoms. The van der Waals surface area contributed by atoms with E-state index in [-0.39, 0.29) is 37.9 Å². The SMILES string of the molecule is CCC(CC)N(CCO)C(=O)C1CCCC(C(F)(F)F)C1. The van der Waals surface area contributed by atoms with Gasteiger partial charge >= 0.3 is 6.18 Å². The Balaban J connectivity index is 2.78. The van der Waals surface area contributed by atoms with Crippen molar-refractivity contribution < 1.29 is 23.1 Å². The Morgan fingerprint density at radius 3 is 2.38 bits per heavy atom. The highest BCUT2D eigenvalue weighted by atomic mass is 19.4. The summed E-state index contributed by atoms with van der Waals surface area (Å²) in [6.07, 6.45) is -1.74. The van der Waals surface area contributed by atoms with E-state index in [1.165, 1.54) is 0 Å². The highest BCUT2D eigenvalue weighted by Gasteiger charge is 2.44. The van der Waals surface area contributed by atoms with E-state index >= 15 is 0 Å². The van der Waals surface area contributed by atoms with Crippen molar-refractivity contribution in [3.8, 4) is 0 Å². The van der Waals surface area contributed by atoms with E-state index in [2.05, 4.69) is 0 Å². The van der Waals surface area contributed by atoms with Gasteiger partial charge in [0.15, 0.2) is 0 Å². The van der Waals surface area contributed by atoms with Crippen molar-refractivity contribution in [1.82, 2.24) is 4.90 Å². The number of nitrogens with zero attached hydrogens (tertiary/aromatic N) is 1. The topological polar surface area (TPSA) is 40.5 Å². The van der Waals surface area contributed by atoms with Crippen LogP contribution in [0, 0.1) is 11.8 Å². The molecule has 0 radical (unpaired) electrons. The normalized spacial score (nSPS) is 23.4. The molecular weight excluding hydrogens is 283 g/mol. The van der Waals surface area contributed by atoms with E-state index < -0.39 is 18.0 Å². The molecule has 1 aliphatic carbocycles. The molecule has 0 saturated heterocycles. The maximum absolute atomic E-state index is 12.9. The maximum Gasteiger partial charge on any atom is 0.391 e. The Kier molecular flexibility index (Phi) is 6.97. The van der Waals surface area contributed by atoms with Crippen LogP contribution in [-0.4, -0.2) is 41.3 Å². The van der Waals surface area contributed by atoms with Gasteiger partial charge in [-0.05, 0) is 32.1 Å². The van der Waals surface area contributed by atoms with Gasteiger partial charge in [0.25, 0.3) is 0 Å². The van der Waals surface area contributed by atoms with Crippen molar-refractivity contribution in [1.29, 1.82) is 0 Å². The first-order valence-corrected chi connectivity index (χ1v) is 7.83. The zero-order valence-electron chi connectivity index (χ0n) is 12.8. The lowest BCUT2D eigenvalue weighted by molar-refractivity contribution is -0.187. The number of carbonyl (C=O) groups excluding carboxylic acids is 1. The second kappa shape index (κ2) is 8.01. The third-order valence-electron chi connectivity index (χ3n) is 4.49. The summed E-state index contributed by atoms with van der Waals surface area (Å²) in [6.45, 7) is 3.95. The number of carbonyl (C=O) groups is 1. The molecule has 2 unspecified atom stereocenters. The van der Waals surface area contributed by atoms with Crippen LogP contribution in [0.15, 0.2) is 0 Å². The van der Waals surface area contributed by atoms with Gasteiger partial charge in [-0.15, -0.1) is 0 Å². The average molecular weight is 309 g/mol. The van der Waals surface area contributed by atoms with Gasteiger partial charge in [-0.25, -0.2) is 0 Å². The highest BCUT2D eigenvalue weighted by molar-refractivity contribution is 5.79. The summed E-state index contributed by atoms with van der Waals surface area (Å²) in [6, 6.07) is -0.00378. The molecule has 2 atom stereocenters. The van der Waals surface area contributed by atoms with Crippen LogP contribution in [0.1, 0.15) is 52.4 Å². The third-order valence-corrected chi connectivity index (χ3v) is 4.49. The van der Waals surface area contributed by atoms with E-state index in [4.69, 9.17) is 5.11 Å². The molecule has 1 rings (SSSR count).